The molecule has 1 aromatic rings. The predicted octanol–water partition coefficient (Wildman–Crippen LogP) is 2.94. The van der Waals surface area contributed by atoms with Crippen molar-refractivity contribution in [3.05, 3.63) is 29.3 Å². The summed E-state index contributed by atoms with van der Waals surface area (Å²) in [4.78, 5) is 13.3. The molecule has 0 aromatic heterocycles. The van der Waals surface area contributed by atoms with Gasteiger partial charge >= 0.3 is 0 Å². The topological polar surface area (TPSA) is 20.3 Å². The van der Waals surface area contributed by atoms with Crippen molar-refractivity contribution in [3.8, 4) is 0 Å². The van der Waals surface area contributed by atoms with Crippen LogP contribution in [-0.2, 0) is 17.6 Å². The van der Waals surface area contributed by atoms with Gasteiger partial charge in [-0.3, -0.25) is 4.79 Å². The van der Waals surface area contributed by atoms with Crippen LogP contribution >= 0.6 is 0 Å². The summed E-state index contributed by atoms with van der Waals surface area (Å²) in [6, 6.07) is 6.52. The highest BCUT2D eigenvalue weighted by molar-refractivity contribution is 5.95. The van der Waals surface area contributed by atoms with Gasteiger partial charge in [-0.05, 0) is 36.5 Å². The van der Waals surface area contributed by atoms with E-state index < -0.39 is 0 Å². The minimum atomic E-state index is 0.230. The highest BCUT2D eigenvalue weighted by atomic mass is 16.2. The average Bonchev–Trinajstić information content (AvgIpc) is 2.31. The third kappa shape index (κ3) is 2.11. The van der Waals surface area contributed by atoms with E-state index in [9.17, 15) is 4.79 Å². The van der Waals surface area contributed by atoms with Crippen molar-refractivity contribution in [2.45, 2.75) is 39.0 Å². The fourth-order valence-electron chi connectivity index (χ4n) is 2.25. The zero-order valence-corrected chi connectivity index (χ0v) is 10.1. The molecule has 1 aliphatic rings. The van der Waals surface area contributed by atoms with Crippen molar-refractivity contribution < 1.29 is 4.79 Å². The molecule has 1 aliphatic heterocycles. The largest absolute Gasteiger partial charge is 0.315 e. The van der Waals surface area contributed by atoms with E-state index in [4.69, 9.17) is 0 Å². The first kappa shape index (κ1) is 11.2. The Morgan fingerprint density at radius 3 is 2.88 bits per heavy atom. The molecule has 0 bridgehead atoms. The molecule has 0 atom stereocenters. The Morgan fingerprint density at radius 2 is 2.12 bits per heavy atom. The van der Waals surface area contributed by atoms with Crippen molar-refractivity contribution >= 4 is 11.6 Å². The molecule has 0 N–H and O–H groups in total. The van der Waals surface area contributed by atoms with Gasteiger partial charge in [0.1, 0.15) is 0 Å². The summed E-state index contributed by atoms with van der Waals surface area (Å²) in [5, 5.41) is 0. The number of fused-ring (bicyclic) bond motifs is 1. The number of aryl methyl sites for hydroxylation is 2. The molecule has 0 unspecified atom stereocenters. The van der Waals surface area contributed by atoms with Gasteiger partial charge in [0.25, 0.3) is 0 Å². The molecule has 1 aromatic carbocycles. The molecule has 86 valence electrons. The second-order valence-corrected chi connectivity index (χ2v) is 4.52. The number of hydrogen-bond donors (Lipinski definition) is 0. The molecule has 2 nitrogen and oxygen atoms in total. The van der Waals surface area contributed by atoms with Crippen LogP contribution in [0.2, 0.25) is 0 Å². The van der Waals surface area contributed by atoms with Gasteiger partial charge in [0.05, 0.1) is 0 Å². The van der Waals surface area contributed by atoms with Crippen molar-refractivity contribution in [3.63, 3.8) is 0 Å². The zero-order valence-electron chi connectivity index (χ0n) is 10.1. The Bertz CT molecular complexity index is 398. The number of carbonyl (C=O) groups excluding carboxylic acids is 1. The van der Waals surface area contributed by atoms with Gasteiger partial charge in [-0.1, -0.05) is 25.5 Å². The lowest BCUT2D eigenvalue weighted by Gasteiger charge is -2.26. The summed E-state index contributed by atoms with van der Waals surface area (Å²) in [5.41, 5.74) is 3.83. The number of benzene rings is 1. The van der Waals surface area contributed by atoms with Crippen molar-refractivity contribution in [2.75, 3.05) is 11.9 Å². The third-order valence-electron chi connectivity index (χ3n) is 3.31. The van der Waals surface area contributed by atoms with Crippen LogP contribution in [0.15, 0.2) is 18.2 Å². The van der Waals surface area contributed by atoms with Gasteiger partial charge < -0.3 is 4.90 Å². The predicted molar refractivity (Wildman–Crippen MR) is 66.8 cm³/mol. The number of carbonyl (C=O) groups is 1. The Kier molecular flexibility index (Phi) is 3.28. The first-order valence-electron chi connectivity index (χ1n) is 6.10. The van der Waals surface area contributed by atoms with Crippen LogP contribution < -0.4 is 4.90 Å². The maximum Gasteiger partial charge on any atom is 0.227 e. The molecule has 1 amide bonds. The van der Waals surface area contributed by atoms with E-state index in [1.165, 1.54) is 24.0 Å². The van der Waals surface area contributed by atoms with Crippen molar-refractivity contribution in [2.24, 2.45) is 0 Å². The zero-order chi connectivity index (χ0) is 11.5. The molecular weight excluding hydrogens is 198 g/mol. The van der Waals surface area contributed by atoms with Crippen molar-refractivity contribution in [1.29, 1.82) is 0 Å². The molecule has 1 heterocycles. The van der Waals surface area contributed by atoms with Crippen LogP contribution in [0, 0.1) is 0 Å². The Morgan fingerprint density at radius 1 is 1.31 bits per heavy atom. The summed E-state index contributed by atoms with van der Waals surface area (Å²) in [7, 11) is 1.87. The number of hydrogen-bond acceptors (Lipinski definition) is 1. The van der Waals surface area contributed by atoms with Crippen LogP contribution in [0.4, 0.5) is 5.69 Å². The van der Waals surface area contributed by atoms with E-state index >= 15 is 0 Å². The summed E-state index contributed by atoms with van der Waals surface area (Å²) in [5.74, 6) is 0.230. The minimum Gasteiger partial charge on any atom is -0.315 e. The van der Waals surface area contributed by atoms with E-state index in [0.717, 1.165) is 18.5 Å². The van der Waals surface area contributed by atoms with Crippen molar-refractivity contribution in [1.82, 2.24) is 0 Å². The maximum absolute atomic E-state index is 11.5. The molecule has 0 aliphatic carbocycles. The second-order valence-electron chi connectivity index (χ2n) is 4.52. The summed E-state index contributed by atoms with van der Waals surface area (Å²) < 4.78 is 0. The molecule has 0 spiro atoms. The van der Waals surface area contributed by atoms with Crippen LogP contribution in [0.3, 0.4) is 0 Å². The Balaban J connectivity index is 2.23. The average molecular weight is 217 g/mol. The number of amides is 1. The van der Waals surface area contributed by atoms with E-state index in [1.54, 1.807) is 4.90 Å². The van der Waals surface area contributed by atoms with E-state index in [2.05, 4.69) is 25.1 Å². The summed E-state index contributed by atoms with van der Waals surface area (Å²) >= 11 is 0. The van der Waals surface area contributed by atoms with Gasteiger partial charge in [-0.25, -0.2) is 0 Å². The fraction of sp³-hybridized carbons (Fsp3) is 0.500. The lowest BCUT2D eigenvalue weighted by Crippen LogP contribution is -2.31. The number of rotatable bonds is 3. The van der Waals surface area contributed by atoms with Gasteiger partial charge in [-0.2, -0.15) is 0 Å². The molecule has 2 rings (SSSR count). The number of nitrogens with zero attached hydrogens (tertiary/aromatic N) is 1. The molecule has 0 radical (unpaired) electrons. The van der Waals surface area contributed by atoms with Crippen LogP contribution in [0.1, 0.15) is 37.3 Å². The Labute approximate surface area is 97.3 Å². The molecular formula is C14H19NO. The first-order valence-corrected chi connectivity index (χ1v) is 6.10. The minimum absolute atomic E-state index is 0.230. The fourth-order valence-corrected chi connectivity index (χ4v) is 2.25. The number of anilines is 1. The quantitative estimate of drug-likeness (QED) is 0.762. The van der Waals surface area contributed by atoms with Crippen LogP contribution in [-0.4, -0.2) is 13.0 Å². The molecule has 0 saturated carbocycles. The lowest BCUT2D eigenvalue weighted by atomic mass is 9.97. The SMILES string of the molecule is CCCCc1ccc2c(c1)CCC(=O)N2C. The summed E-state index contributed by atoms with van der Waals surface area (Å²) in [6.45, 7) is 2.21. The third-order valence-corrected chi connectivity index (χ3v) is 3.31. The van der Waals surface area contributed by atoms with Crippen LogP contribution in [0.25, 0.3) is 0 Å². The van der Waals surface area contributed by atoms with E-state index in [-0.39, 0.29) is 5.91 Å². The smallest absolute Gasteiger partial charge is 0.227 e. The maximum atomic E-state index is 11.5. The monoisotopic (exact) mass is 217 g/mol. The van der Waals surface area contributed by atoms with Gasteiger partial charge in [0, 0.05) is 19.2 Å². The first-order chi connectivity index (χ1) is 7.72. The van der Waals surface area contributed by atoms with Crippen LogP contribution in [0.5, 0.6) is 0 Å². The molecule has 16 heavy (non-hydrogen) atoms. The number of unbranched alkanes of at least 4 members (excludes halogenated alkanes) is 1. The second kappa shape index (κ2) is 4.69. The van der Waals surface area contributed by atoms with E-state index in [0.29, 0.717) is 6.42 Å². The normalized spacial score (nSPS) is 15.1. The molecule has 0 fully saturated rings. The summed E-state index contributed by atoms with van der Waals surface area (Å²) in [6.07, 6.45) is 5.18. The molecule has 0 saturated heterocycles. The van der Waals surface area contributed by atoms with Gasteiger partial charge in [0.2, 0.25) is 5.91 Å². The van der Waals surface area contributed by atoms with E-state index in [1.807, 2.05) is 7.05 Å². The standard InChI is InChI=1S/C14H19NO/c1-3-4-5-11-6-8-13-12(10-11)7-9-14(16)15(13)2/h6,8,10H,3-5,7,9H2,1-2H3. The highest BCUT2D eigenvalue weighted by Crippen LogP contribution is 2.27. The lowest BCUT2D eigenvalue weighted by molar-refractivity contribution is -0.118. The van der Waals surface area contributed by atoms with Gasteiger partial charge in [0.15, 0.2) is 0 Å². The van der Waals surface area contributed by atoms with Gasteiger partial charge in [-0.15, -0.1) is 0 Å². The highest BCUT2D eigenvalue weighted by Gasteiger charge is 2.20. The Hall–Kier alpha value is -1.31. The molecule has 2 heteroatoms.